The van der Waals surface area contributed by atoms with E-state index in [1.54, 1.807) is 0 Å². The summed E-state index contributed by atoms with van der Waals surface area (Å²) in [5.74, 6) is 0. The first-order valence-electron chi connectivity index (χ1n) is 22.2. The summed E-state index contributed by atoms with van der Waals surface area (Å²) in [6.45, 7) is 0. The van der Waals surface area contributed by atoms with Crippen LogP contribution in [0.2, 0.25) is 0 Å². The monoisotopic (exact) mass is 813 g/mol. The zero-order chi connectivity index (χ0) is 42.5. The summed E-state index contributed by atoms with van der Waals surface area (Å²) in [5.41, 5.74) is 17.5. The van der Waals surface area contributed by atoms with Gasteiger partial charge in [0.05, 0.1) is 11.1 Å². The summed E-state index contributed by atoms with van der Waals surface area (Å²) in [6, 6.07) is 96.0. The molecule has 0 heterocycles. The van der Waals surface area contributed by atoms with Gasteiger partial charge in [0.2, 0.25) is 0 Å². The van der Waals surface area contributed by atoms with Gasteiger partial charge < -0.3 is 4.90 Å². The van der Waals surface area contributed by atoms with Gasteiger partial charge in [-0.2, -0.15) is 0 Å². The molecule has 0 radical (unpaired) electrons. The van der Waals surface area contributed by atoms with Gasteiger partial charge in [-0.1, -0.05) is 231 Å². The standard InChI is InChI=1S/C63H43N/c1-5-20-44(21-6-1)47-24-19-25-48(42-47)45-36-38-51(39-37-45)64(62-58-34-16-14-31-54(58)53-30-13-15-33-57(53)61(62)46-22-7-2-8-23-46)52-40-41-56-55-32-17-18-35-59(55)63(60(56)43-52,49-26-9-3-10-27-49)50-28-11-4-12-29-50/h1-43H. The van der Waals surface area contributed by atoms with E-state index >= 15 is 0 Å². The molecule has 0 amide bonds. The lowest BCUT2D eigenvalue weighted by atomic mass is 9.67. The van der Waals surface area contributed by atoms with Crippen LogP contribution >= 0.6 is 0 Å². The molecule has 12 rings (SSSR count). The smallest absolute Gasteiger partial charge is 0.0714 e. The molecule has 1 heteroatoms. The second-order valence-electron chi connectivity index (χ2n) is 16.8. The van der Waals surface area contributed by atoms with Crippen molar-refractivity contribution >= 4 is 38.6 Å². The minimum Gasteiger partial charge on any atom is -0.309 e. The van der Waals surface area contributed by atoms with Crippen molar-refractivity contribution in [2.75, 3.05) is 4.90 Å². The van der Waals surface area contributed by atoms with Gasteiger partial charge in [0.1, 0.15) is 0 Å². The molecule has 0 aliphatic heterocycles. The quantitative estimate of drug-likeness (QED) is 0.138. The second kappa shape index (κ2) is 15.6. The third-order valence-electron chi connectivity index (χ3n) is 13.3. The zero-order valence-corrected chi connectivity index (χ0v) is 35.3. The average molecular weight is 814 g/mol. The molecule has 0 spiro atoms. The molecule has 11 aromatic carbocycles. The van der Waals surface area contributed by atoms with Gasteiger partial charge in [0, 0.05) is 22.3 Å². The van der Waals surface area contributed by atoms with Gasteiger partial charge in [0.25, 0.3) is 0 Å². The number of anilines is 3. The molecule has 0 atom stereocenters. The summed E-state index contributed by atoms with van der Waals surface area (Å²) in [4.78, 5) is 2.53. The van der Waals surface area contributed by atoms with Crippen LogP contribution in [0.4, 0.5) is 17.1 Å². The molecule has 0 bridgehead atoms. The minimum absolute atomic E-state index is 0.544. The average Bonchev–Trinajstić information content (AvgIpc) is 3.68. The summed E-state index contributed by atoms with van der Waals surface area (Å²) >= 11 is 0. The Balaban J connectivity index is 1.15. The number of hydrogen-bond acceptors (Lipinski definition) is 1. The number of hydrogen-bond donors (Lipinski definition) is 0. The van der Waals surface area contributed by atoms with E-state index in [1.165, 1.54) is 88.3 Å². The maximum absolute atomic E-state index is 2.53. The van der Waals surface area contributed by atoms with E-state index in [9.17, 15) is 0 Å². The molecule has 0 fully saturated rings. The van der Waals surface area contributed by atoms with Gasteiger partial charge in [-0.15, -0.1) is 0 Å². The number of benzene rings is 11. The van der Waals surface area contributed by atoms with Crippen LogP contribution in [0, 0.1) is 0 Å². The third kappa shape index (κ3) is 6.01. The van der Waals surface area contributed by atoms with Crippen molar-refractivity contribution in [3.05, 3.63) is 283 Å². The predicted octanol–water partition coefficient (Wildman–Crippen LogP) is 16.8. The SMILES string of the molecule is c1ccc(-c2cccc(-c3ccc(N(c4ccc5c(c4)C(c4ccccc4)(c4ccccc4)c4ccccc4-5)c4c(-c5ccccc5)c5ccccc5c5ccccc45)cc3)c2)cc1. The van der Waals surface area contributed by atoms with Gasteiger partial charge in [0.15, 0.2) is 0 Å². The van der Waals surface area contributed by atoms with E-state index in [0.29, 0.717) is 0 Å². The highest BCUT2D eigenvalue weighted by Crippen LogP contribution is 2.58. The summed E-state index contributed by atoms with van der Waals surface area (Å²) < 4.78 is 0. The first kappa shape index (κ1) is 37.5. The lowest BCUT2D eigenvalue weighted by molar-refractivity contribution is 0.768. The second-order valence-corrected chi connectivity index (χ2v) is 16.8. The minimum atomic E-state index is -0.544. The summed E-state index contributed by atoms with van der Waals surface area (Å²) in [6.07, 6.45) is 0. The van der Waals surface area contributed by atoms with Crippen molar-refractivity contribution < 1.29 is 0 Å². The summed E-state index contributed by atoms with van der Waals surface area (Å²) in [7, 11) is 0. The largest absolute Gasteiger partial charge is 0.309 e. The molecule has 0 saturated carbocycles. The lowest BCUT2D eigenvalue weighted by Crippen LogP contribution is -2.28. The Bertz CT molecular complexity index is 3430. The zero-order valence-electron chi connectivity index (χ0n) is 35.3. The molecule has 0 saturated heterocycles. The van der Waals surface area contributed by atoms with Gasteiger partial charge in [-0.3, -0.25) is 0 Å². The molecule has 11 aromatic rings. The topological polar surface area (TPSA) is 3.24 Å². The van der Waals surface area contributed by atoms with Crippen LogP contribution in [0.25, 0.3) is 66.1 Å². The van der Waals surface area contributed by atoms with E-state index in [2.05, 4.69) is 266 Å². The van der Waals surface area contributed by atoms with Crippen LogP contribution in [0.15, 0.2) is 261 Å². The van der Waals surface area contributed by atoms with E-state index in [0.717, 1.165) is 17.1 Å². The van der Waals surface area contributed by atoms with Crippen LogP contribution in [0.1, 0.15) is 22.3 Å². The Morgan fingerprint density at radius 3 is 1.36 bits per heavy atom. The van der Waals surface area contributed by atoms with Crippen molar-refractivity contribution in [1.82, 2.24) is 0 Å². The third-order valence-corrected chi connectivity index (χ3v) is 13.3. The molecule has 1 nitrogen and oxygen atoms in total. The van der Waals surface area contributed by atoms with Crippen molar-refractivity contribution in [2.45, 2.75) is 5.41 Å². The van der Waals surface area contributed by atoms with Crippen molar-refractivity contribution in [3.63, 3.8) is 0 Å². The van der Waals surface area contributed by atoms with E-state index in [4.69, 9.17) is 0 Å². The maximum atomic E-state index is 2.53. The van der Waals surface area contributed by atoms with Gasteiger partial charge >= 0.3 is 0 Å². The van der Waals surface area contributed by atoms with E-state index in [-0.39, 0.29) is 0 Å². The number of rotatable bonds is 8. The molecule has 300 valence electrons. The molecule has 1 aliphatic carbocycles. The Labute approximate surface area is 374 Å². The summed E-state index contributed by atoms with van der Waals surface area (Å²) in [5, 5.41) is 4.88. The van der Waals surface area contributed by atoms with Crippen LogP contribution < -0.4 is 4.90 Å². The number of fused-ring (bicyclic) bond motifs is 6. The highest BCUT2D eigenvalue weighted by molar-refractivity contribution is 6.22. The van der Waals surface area contributed by atoms with E-state index in [1.807, 2.05) is 0 Å². The fourth-order valence-corrected chi connectivity index (χ4v) is 10.5. The normalized spacial score (nSPS) is 12.5. The van der Waals surface area contributed by atoms with Crippen molar-refractivity contribution in [1.29, 1.82) is 0 Å². The van der Waals surface area contributed by atoms with Gasteiger partial charge in [-0.05, 0) is 108 Å². The first-order valence-corrected chi connectivity index (χ1v) is 22.2. The Kier molecular flexibility index (Phi) is 9.13. The van der Waals surface area contributed by atoms with Crippen molar-refractivity contribution in [2.24, 2.45) is 0 Å². The predicted molar refractivity (Wildman–Crippen MR) is 270 cm³/mol. The fraction of sp³-hybridized carbons (Fsp3) is 0.0159. The van der Waals surface area contributed by atoms with Crippen LogP contribution in [-0.4, -0.2) is 0 Å². The lowest BCUT2D eigenvalue weighted by Gasteiger charge is -2.35. The molecular formula is C63H43N. The molecule has 0 aromatic heterocycles. The van der Waals surface area contributed by atoms with Crippen molar-refractivity contribution in [3.8, 4) is 44.5 Å². The Morgan fingerprint density at radius 1 is 0.266 bits per heavy atom. The maximum Gasteiger partial charge on any atom is 0.0714 e. The highest BCUT2D eigenvalue weighted by atomic mass is 15.1. The van der Waals surface area contributed by atoms with Gasteiger partial charge in [-0.25, -0.2) is 0 Å². The van der Waals surface area contributed by atoms with Crippen LogP contribution in [0.5, 0.6) is 0 Å². The van der Waals surface area contributed by atoms with Crippen LogP contribution in [0.3, 0.4) is 0 Å². The molecule has 1 aliphatic rings. The number of nitrogens with zero attached hydrogens (tertiary/aromatic N) is 1. The first-order chi connectivity index (χ1) is 31.8. The fourth-order valence-electron chi connectivity index (χ4n) is 10.5. The molecule has 0 unspecified atom stereocenters. The molecule has 0 N–H and O–H groups in total. The Hall–Kier alpha value is -8.26. The highest BCUT2D eigenvalue weighted by Gasteiger charge is 2.46. The van der Waals surface area contributed by atoms with Crippen LogP contribution in [-0.2, 0) is 5.41 Å². The Morgan fingerprint density at radius 2 is 0.719 bits per heavy atom. The molecule has 64 heavy (non-hydrogen) atoms. The van der Waals surface area contributed by atoms with E-state index < -0.39 is 5.41 Å². The molecular weight excluding hydrogens is 771 g/mol.